The molecule has 134 valence electrons. The second-order valence-corrected chi connectivity index (χ2v) is 6.15. The molecule has 2 heterocycles. The van der Waals surface area contributed by atoms with Crippen molar-refractivity contribution in [3.8, 4) is 22.6 Å². The average Bonchev–Trinajstić information content (AvgIpc) is 2.67. The van der Waals surface area contributed by atoms with Crippen molar-refractivity contribution in [1.82, 2.24) is 19.9 Å². The molecule has 0 saturated carbocycles. The molecular weight excluding hydrogens is 328 g/mol. The fourth-order valence-corrected chi connectivity index (χ4v) is 2.71. The lowest BCUT2D eigenvalue weighted by atomic mass is 10.1. The zero-order chi connectivity index (χ0) is 18.4. The number of ether oxygens (including phenoxy) is 1. The molecule has 2 aromatic heterocycles. The van der Waals surface area contributed by atoms with Gasteiger partial charge < -0.3 is 9.72 Å². The van der Waals surface area contributed by atoms with Crippen molar-refractivity contribution in [2.75, 3.05) is 27.3 Å². The molecule has 0 amide bonds. The molecule has 0 atom stereocenters. The fourth-order valence-electron chi connectivity index (χ4n) is 2.71. The maximum atomic E-state index is 12.1. The van der Waals surface area contributed by atoms with Crippen molar-refractivity contribution in [2.24, 2.45) is 0 Å². The van der Waals surface area contributed by atoms with Gasteiger partial charge in [-0.25, -0.2) is 4.98 Å². The number of benzene rings is 1. The molecule has 0 fully saturated rings. The first-order valence-corrected chi connectivity index (χ1v) is 8.44. The minimum Gasteiger partial charge on any atom is -0.383 e. The summed E-state index contributed by atoms with van der Waals surface area (Å²) in [6, 6.07) is 13.2. The minimum absolute atomic E-state index is 0.184. The molecule has 1 N–H and O–H groups in total. The molecule has 6 heteroatoms. The van der Waals surface area contributed by atoms with E-state index < -0.39 is 0 Å². The van der Waals surface area contributed by atoms with Crippen LogP contribution in [0.3, 0.4) is 0 Å². The van der Waals surface area contributed by atoms with Gasteiger partial charge in [-0.3, -0.25) is 14.7 Å². The molecule has 0 aliphatic carbocycles. The Bertz CT molecular complexity index is 909. The summed E-state index contributed by atoms with van der Waals surface area (Å²) in [5.74, 6) is 0.553. The van der Waals surface area contributed by atoms with Gasteiger partial charge in [0.1, 0.15) is 5.82 Å². The predicted molar refractivity (Wildman–Crippen MR) is 102 cm³/mol. The lowest BCUT2D eigenvalue weighted by Gasteiger charge is -2.16. The van der Waals surface area contributed by atoms with Gasteiger partial charge in [-0.2, -0.15) is 0 Å². The standard InChI is InChI=1S/C20H22N4O2/c1-24(9-10-26-2)14-15-5-3-6-16(11-15)20-22-18(12-19(25)23-20)17-7-4-8-21-13-17/h3-8,11-13H,9-10,14H2,1-2H3,(H,22,23,25). The Hall–Kier alpha value is -2.83. The molecule has 1 aromatic carbocycles. The summed E-state index contributed by atoms with van der Waals surface area (Å²) in [4.78, 5) is 25.8. The summed E-state index contributed by atoms with van der Waals surface area (Å²) >= 11 is 0. The van der Waals surface area contributed by atoms with Crippen LogP contribution in [0, 0.1) is 0 Å². The number of rotatable bonds is 7. The van der Waals surface area contributed by atoms with Gasteiger partial charge in [0.2, 0.25) is 0 Å². The highest BCUT2D eigenvalue weighted by Gasteiger charge is 2.08. The highest BCUT2D eigenvalue weighted by atomic mass is 16.5. The van der Waals surface area contributed by atoms with Gasteiger partial charge in [-0.15, -0.1) is 0 Å². The zero-order valence-electron chi connectivity index (χ0n) is 15.0. The molecule has 0 aliphatic rings. The monoisotopic (exact) mass is 350 g/mol. The SMILES string of the molecule is COCCN(C)Cc1cccc(-c2nc(-c3cccnc3)cc(=O)[nH]2)c1. The first-order valence-electron chi connectivity index (χ1n) is 8.44. The third-order valence-corrected chi connectivity index (χ3v) is 4.03. The quantitative estimate of drug-likeness (QED) is 0.709. The van der Waals surface area contributed by atoms with Crippen molar-refractivity contribution in [3.63, 3.8) is 0 Å². The third kappa shape index (κ3) is 4.62. The van der Waals surface area contributed by atoms with E-state index in [0.717, 1.165) is 29.8 Å². The van der Waals surface area contributed by atoms with Crippen molar-refractivity contribution < 1.29 is 4.74 Å². The van der Waals surface area contributed by atoms with Gasteiger partial charge in [0.15, 0.2) is 0 Å². The van der Waals surface area contributed by atoms with E-state index in [0.29, 0.717) is 18.1 Å². The Morgan fingerprint density at radius 3 is 2.77 bits per heavy atom. The van der Waals surface area contributed by atoms with Crippen molar-refractivity contribution >= 4 is 0 Å². The van der Waals surface area contributed by atoms with E-state index in [1.165, 1.54) is 6.07 Å². The molecule has 0 unspecified atom stereocenters. The van der Waals surface area contributed by atoms with E-state index in [1.54, 1.807) is 19.5 Å². The number of hydrogen-bond acceptors (Lipinski definition) is 5. The van der Waals surface area contributed by atoms with Gasteiger partial charge in [0.05, 0.1) is 12.3 Å². The van der Waals surface area contributed by atoms with Gasteiger partial charge in [0.25, 0.3) is 5.56 Å². The van der Waals surface area contributed by atoms with Crippen molar-refractivity contribution in [3.05, 3.63) is 70.8 Å². The van der Waals surface area contributed by atoms with E-state index in [-0.39, 0.29) is 5.56 Å². The number of likely N-dealkylation sites (N-methyl/N-ethyl adjacent to an activating group) is 1. The Balaban J connectivity index is 1.88. The zero-order valence-corrected chi connectivity index (χ0v) is 15.0. The van der Waals surface area contributed by atoms with E-state index in [1.807, 2.05) is 24.3 Å². The molecule has 0 aliphatic heterocycles. The van der Waals surface area contributed by atoms with Crippen LogP contribution >= 0.6 is 0 Å². The maximum Gasteiger partial charge on any atom is 0.251 e. The first-order chi connectivity index (χ1) is 12.7. The van der Waals surface area contributed by atoms with Crippen molar-refractivity contribution in [1.29, 1.82) is 0 Å². The Morgan fingerprint density at radius 2 is 2.00 bits per heavy atom. The number of H-pyrrole nitrogens is 1. The fraction of sp³-hybridized carbons (Fsp3) is 0.250. The van der Waals surface area contributed by atoms with Gasteiger partial charge in [-0.05, 0) is 30.8 Å². The molecule has 0 spiro atoms. The Labute approximate surface area is 152 Å². The highest BCUT2D eigenvalue weighted by molar-refractivity contribution is 5.63. The van der Waals surface area contributed by atoms with Gasteiger partial charge in [-0.1, -0.05) is 18.2 Å². The normalized spacial score (nSPS) is 11.0. The van der Waals surface area contributed by atoms with Crippen LogP contribution in [-0.4, -0.2) is 47.2 Å². The van der Waals surface area contributed by atoms with Crippen LogP contribution in [0.1, 0.15) is 5.56 Å². The first kappa shape index (κ1) is 18.0. The molecule has 0 bridgehead atoms. The van der Waals surface area contributed by atoms with E-state index >= 15 is 0 Å². The minimum atomic E-state index is -0.184. The molecule has 26 heavy (non-hydrogen) atoms. The molecule has 6 nitrogen and oxygen atoms in total. The van der Waals surface area contributed by atoms with E-state index in [2.05, 4.69) is 39.0 Å². The summed E-state index contributed by atoms with van der Waals surface area (Å²) in [6.45, 7) is 2.34. The Morgan fingerprint density at radius 1 is 1.15 bits per heavy atom. The Kier molecular flexibility index (Phi) is 5.88. The summed E-state index contributed by atoms with van der Waals surface area (Å²) < 4.78 is 5.12. The van der Waals surface area contributed by atoms with Crippen LogP contribution in [0.25, 0.3) is 22.6 Å². The van der Waals surface area contributed by atoms with Crippen LogP contribution in [0.4, 0.5) is 0 Å². The van der Waals surface area contributed by atoms with Crippen LogP contribution < -0.4 is 5.56 Å². The van der Waals surface area contributed by atoms with E-state index in [9.17, 15) is 4.79 Å². The van der Waals surface area contributed by atoms with Crippen LogP contribution in [0.2, 0.25) is 0 Å². The summed E-state index contributed by atoms with van der Waals surface area (Å²) in [6.07, 6.45) is 3.40. The smallest absolute Gasteiger partial charge is 0.251 e. The molecular formula is C20H22N4O2. The number of nitrogens with zero attached hydrogens (tertiary/aromatic N) is 3. The van der Waals surface area contributed by atoms with Gasteiger partial charge in [0, 0.05) is 49.8 Å². The maximum absolute atomic E-state index is 12.1. The summed E-state index contributed by atoms with van der Waals surface area (Å²) in [5, 5.41) is 0. The second kappa shape index (κ2) is 8.51. The number of pyridine rings is 1. The largest absolute Gasteiger partial charge is 0.383 e. The van der Waals surface area contributed by atoms with Gasteiger partial charge >= 0.3 is 0 Å². The average molecular weight is 350 g/mol. The highest BCUT2D eigenvalue weighted by Crippen LogP contribution is 2.20. The molecule has 0 saturated heterocycles. The topological polar surface area (TPSA) is 71.1 Å². The molecule has 0 radical (unpaired) electrons. The number of aromatic amines is 1. The summed E-state index contributed by atoms with van der Waals surface area (Å²) in [7, 11) is 3.75. The predicted octanol–water partition coefficient (Wildman–Crippen LogP) is 2.58. The van der Waals surface area contributed by atoms with E-state index in [4.69, 9.17) is 4.74 Å². The molecule has 3 rings (SSSR count). The lowest BCUT2D eigenvalue weighted by molar-refractivity contribution is 0.158. The van der Waals surface area contributed by atoms with Crippen LogP contribution in [-0.2, 0) is 11.3 Å². The number of nitrogens with one attached hydrogen (secondary N) is 1. The molecule has 3 aromatic rings. The summed E-state index contributed by atoms with van der Waals surface area (Å²) in [5.41, 5.74) is 3.27. The third-order valence-electron chi connectivity index (χ3n) is 4.03. The number of methoxy groups -OCH3 is 1. The number of hydrogen-bond donors (Lipinski definition) is 1. The van der Waals surface area contributed by atoms with Crippen LogP contribution in [0.5, 0.6) is 0 Å². The lowest BCUT2D eigenvalue weighted by Crippen LogP contribution is -2.22. The van der Waals surface area contributed by atoms with Crippen molar-refractivity contribution in [2.45, 2.75) is 6.54 Å². The number of aromatic nitrogens is 3. The second-order valence-electron chi connectivity index (χ2n) is 6.15. The van der Waals surface area contributed by atoms with Crippen LogP contribution in [0.15, 0.2) is 59.7 Å².